The summed E-state index contributed by atoms with van der Waals surface area (Å²) in [6, 6.07) is 10.8. The van der Waals surface area contributed by atoms with Crippen molar-refractivity contribution >= 4 is 46.0 Å². The second kappa shape index (κ2) is 8.46. The van der Waals surface area contributed by atoms with Gasteiger partial charge in [0, 0.05) is 41.2 Å². The Kier molecular flexibility index (Phi) is 5.55. The maximum Gasteiger partial charge on any atom is 0.343 e. The summed E-state index contributed by atoms with van der Waals surface area (Å²) in [6.45, 7) is 1.79. The number of amides is 3. The summed E-state index contributed by atoms with van der Waals surface area (Å²) in [4.78, 5) is 65.0. The Hall–Kier alpha value is -4.27. The molecular formula is C23H19N3O6. The number of aromatic nitrogens is 1. The first-order chi connectivity index (χ1) is 15.4. The third-order valence-electron chi connectivity index (χ3n) is 5.07. The van der Waals surface area contributed by atoms with E-state index in [2.05, 4.69) is 10.3 Å². The molecule has 9 heteroatoms. The molecule has 3 aromatic rings. The van der Waals surface area contributed by atoms with E-state index in [1.54, 1.807) is 19.1 Å². The van der Waals surface area contributed by atoms with E-state index in [4.69, 9.17) is 4.74 Å². The number of nitrogens with zero attached hydrogens (tertiary/aromatic N) is 1. The average molecular weight is 433 g/mol. The summed E-state index contributed by atoms with van der Waals surface area (Å²) in [7, 11) is 0. The van der Waals surface area contributed by atoms with E-state index < -0.39 is 17.3 Å². The monoisotopic (exact) mass is 433 g/mol. The molecule has 1 saturated heterocycles. The fourth-order valence-corrected chi connectivity index (χ4v) is 3.49. The fourth-order valence-electron chi connectivity index (χ4n) is 3.49. The molecule has 1 fully saturated rings. The van der Waals surface area contributed by atoms with Gasteiger partial charge in [-0.25, -0.2) is 4.79 Å². The van der Waals surface area contributed by atoms with Crippen molar-refractivity contribution in [3.63, 3.8) is 0 Å². The van der Waals surface area contributed by atoms with Crippen LogP contribution in [0.25, 0.3) is 10.9 Å². The summed E-state index contributed by atoms with van der Waals surface area (Å²) in [6.07, 6.45) is 1.67. The quantitative estimate of drug-likeness (QED) is 0.471. The summed E-state index contributed by atoms with van der Waals surface area (Å²) in [5.41, 5.74) is 0.968. The molecule has 0 bridgehead atoms. The van der Waals surface area contributed by atoms with E-state index in [0.717, 1.165) is 4.90 Å². The van der Waals surface area contributed by atoms with Gasteiger partial charge in [0.2, 0.25) is 17.2 Å². The van der Waals surface area contributed by atoms with Crippen LogP contribution in [-0.2, 0) is 14.3 Å². The fraction of sp³-hybridized carbons (Fsp3) is 0.174. The number of nitrogens with one attached hydrogen (secondary N) is 2. The molecule has 0 unspecified atom stereocenters. The third kappa shape index (κ3) is 3.87. The van der Waals surface area contributed by atoms with E-state index in [1.165, 1.54) is 36.5 Å². The zero-order valence-electron chi connectivity index (χ0n) is 17.1. The molecule has 1 aliphatic rings. The molecule has 2 aromatic carbocycles. The normalized spacial score (nSPS) is 13.5. The van der Waals surface area contributed by atoms with Crippen molar-refractivity contribution in [1.82, 2.24) is 4.98 Å². The van der Waals surface area contributed by atoms with Gasteiger partial charge in [0.15, 0.2) is 0 Å². The highest BCUT2D eigenvalue weighted by atomic mass is 16.5. The minimum absolute atomic E-state index is 0.121. The highest BCUT2D eigenvalue weighted by Crippen LogP contribution is 2.23. The van der Waals surface area contributed by atoms with E-state index in [9.17, 15) is 24.0 Å². The number of imide groups is 1. The summed E-state index contributed by atoms with van der Waals surface area (Å²) in [5, 5.41) is 2.93. The largest absolute Gasteiger partial charge is 0.462 e. The molecule has 0 atom stereocenters. The second-order valence-corrected chi connectivity index (χ2v) is 7.14. The molecule has 0 spiro atoms. The van der Waals surface area contributed by atoms with Crippen LogP contribution in [0.1, 0.15) is 40.5 Å². The number of rotatable bonds is 5. The Morgan fingerprint density at radius 3 is 2.38 bits per heavy atom. The van der Waals surface area contributed by atoms with Gasteiger partial charge in [0.1, 0.15) is 5.56 Å². The summed E-state index contributed by atoms with van der Waals surface area (Å²) < 4.78 is 4.90. The van der Waals surface area contributed by atoms with Gasteiger partial charge in [-0.2, -0.15) is 0 Å². The van der Waals surface area contributed by atoms with Crippen LogP contribution < -0.4 is 15.6 Å². The van der Waals surface area contributed by atoms with Crippen LogP contribution in [0.5, 0.6) is 0 Å². The molecule has 2 heterocycles. The van der Waals surface area contributed by atoms with Crippen molar-refractivity contribution in [3.05, 3.63) is 70.0 Å². The predicted octanol–water partition coefficient (Wildman–Crippen LogP) is 2.61. The number of hydrogen-bond acceptors (Lipinski definition) is 6. The molecule has 0 radical (unpaired) electrons. The summed E-state index contributed by atoms with van der Waals surface area (Å²) in [5.74, 6) is -1.69. The van der Waals surface area contributed by atoms with Crippen LogP contribution in [-0.4, -0.2) is 35.3 Å². The number of pyridine rings is 1. The number of hydrogen-bond donors (Lipinski definition) is 2. The third-order valence-corrected chi connectivity index (χ3v) is 5.07. The lowest BCUT2D eigenvalue weighted by atomic mass is 10.1. The molecule has 32 heavy (non-hydrogen) atoms. The van der Waals surface area contributed by atoms with Crippen molar-refractivity contribution < 1.29 is 23.9 Å². The average Bonchev–Trinajstić information content (AvgIpc) is 3.12. The highest BCUT2D eigenvalue weighted by molar-refractivity contribution is 6.20. The van der Waals surface area contributed by atoms with Crippen LogP contribution in [0.4, 0.5) is 11.4 Å². The Labute approximate surface area is 182 Å². The molecule has 0 aliphatic carbocycles. The molecule has 1 aliphatic heterocycles. The van der Waals surface area contributed by atoms with Gasteiger partial charge in [-0.05, 0) is 49.4 Å². The van der Waals surface area contributed by atoms with Crippen molar-refractivity contribution in [2.45, 2.75) is 19.8 Å². The second-order valence-electron chi connectivity index (χ2n) is 7.14. The molecular weight excluding hydrogens is 414 g/mol. The number of ether oxygens (including phenoxy) is 1. The SMILES string of the molecule is CCOC(=O)c1c[nH]c2ccc(NC(=O)c3ccc(N4C(=O)CCC4=O)cc3)cc2c1=O. The van der Waals surface area contributed by atoms with E-state index in [1.807, 2.05) is 0 Å². The smallest absolute Gasteiger partial charge is 0.343 e. The molecule has 9 nitrogen and oxygen atoms in total. The molecule has 0 saturated carbocycles. The van der Waals surface area contributed by atoms with Crippen molar-refractivity contribution in [2.24, 2.45) is 0 Å². The number of fused-ring (bicyclic) bond motifs is 1. The standard InChI is InChI=1S/C23H19N3O6/c1-2-32-23(31)17-12-24-18-8-5-14(11-16(18)21(17)29)25-22(30)13-3-6-15(7-4-13)26-19(27)9-10-20(26)28/h3-8,11-12H,2,9-10H2,1H3,(H,24,29)(H,25,30). The topological polar surface area (TPSA) is 126 Å². The van der Waals surface area contributed by atoms with Crippen molar-refractivity contribution in [2.75, 3.05) is 16.8 Å². The van der Waals surface area contributed by atoms with Crippen LogP contribution >= 0.6 is 0 Å². The number of benzene rings is 2. The van der Waals surface area contributed by atoms with E-state index in [0.29, 0.717) is 22.5 Å². The minimum atomic E-state index is -0.722. The van der Waals surface area contributed by atoms with Crippen molar-refractivity contribution in [3.8, 4) is 0 Å². The number of carbonyl (C=O) groups excluding carboxylic acids is 4. The number of anilines is 2. The van der Waals surface area contributed by atoms with Gasteiger partial charge in [0.25, 0.3) is 5.91 Å². The molecule has 2 N–H and O–H groups in total. The Balaban J connectivity index is 1.56. The van der Waals surface area contributed by atoms with E-state index in [-0.39, 0.29) is 42.2 Å². The lowest BCUT2D eigenvalue weighted by Crippen LogP contribution is -2.28. The Morgan fingerprint density at radius 2 is 1.72 bits per heavy atom. The van der Waals surface area contributed by atoms with Crippen molar-refractivity contribution in [1.29, 1.82) is 0 Å². The number of esters is 1. The van der Waals surface area contributed by atoms with Gasteiger partial charge in [-0.1, -0.05) is 0 Å². The molecule has 162 valence electrons. The zero-order chi connectivity index (χ0) is 22.8. The maximum absolute atomic E-state index is 12.7. The van der Waals surface area contributed by atoms with Gasteiger partial charge < -0.3 is 15.0 Å². The van der Waals surface area contributed by atoms with Gasteiger partial charge >= 0.3 is 5.97 Å². The Morgan fingerprint density at radius 1 is 1.03 bits per heavy atom. The zero-order valence-corrected chi connectivity index (χ0v) is 17.1. The van der Waals surface area contributed by atoms with Crippen LogP contribution in [0, 0.1) is 0 Å². The van der Waals surface area contributed by atoms with Gasteiger partial charge in [-0.15, -0.1) is 0 Å². The Bertz CT molecular complexity index is 1290. The number of H-pyrrole nitrogens is 1. The minimum Gasteiger partial charge on any atom is -0.462 e. The molecule has 3 amide bonds. The number of carbonyl (C=O) groups is 4. The van der Waals surface area contributed by atoms with Crippen LogP contribution in [0.15, 0.2) is 53.5 Å². The van der Waals surface area contributed by atoms with Gasteiger partial charge in [0.05, 0.1) is 12.3 Å². The van der Waals surface area contributed by atoms with Crippen LogP contribution in [0.3, 0.4) is 0 Å². The summed E-state index contributed by atoms with van der Waals surface area (Å²) >= 11 is 0. The lowest BCUT2D eigenvalue weighted by molar-refractivity contribution is -0.121. The van der Waals surface area contributed by atoms with E-state index >= 15 is 0 Å². The lowest BCUT2D eigenvalue weighted by Gasteiger charge is -2.14. The first-order valence-corrected chi connectivity index (χ1v) is 9.99. The van der Waals surface area contributed by atoms with Gasteiger partial charge in [-0.3, -0.25) is 24.1 Å². The predicted molar refractivity (Wildman–Crippen MR) is 117 cm³/mol. The molecule has 4 rings (SSSR count). The van der Waals surface area contributed by atoms with Crippen LogP contribution in [0.2, 0.25) is 0 Å². The first-order valence-electron chi connectivity index (χ1n) is 9.99. The first kappa shape index (κ1) is 21.0. The maximum atomic E-state index is 12.7. The number of aromatic amines is 1. The highest BCUT2D eigenvalue weighted by Gasteiger charge is 2.30. The molecule has 1 aromatic heterocycles.